The molecule has 0 aliphatic carbocycles. The van der Waals surface area contributed by atoms with Gasteiger partial charge in [0.2, 0.25) is 5.88 Å². The second kappa shape index (κ2) is 9.73. The third-order valence-corrected chi connectivity index (χ3v) is 5.61. The van der Waals surface area contributed by atoms with Gasteiger partial charge in [-0.05, 0) is 47.2 Å². The van der Waals surface area contributed by atoms with Crippen molar-refractivity contribution in [2.24, 2.45) is 0 Å². The zero-order valence-corrected chi connectivity index (χ0v) is 18.7. The number of hydrogen-bond donors (Lipinski definition) is 0. The fourth-order valence-corrected chi connectivity index (χ4v) is 3.64. The van der Waals surface area contributed by atoms with Gasteiger partial charge in [0.05, 0.1) is 11.3 Å². The standard InChI is InChI=1S/C24H25F3N2OS/c1-15(2)18-6-5-7-20(12-18)30-22-13-21(16(3)4)28-23(29-22)31-14-17-8-10-19(11-9-17)24(25,26)27/h5-13,15-16H,14H2,1-4H3. The van der Waals surface area contributed by atoms with Crippen molar-refractivity contribution in [1.29, 1.82) is 0 Å². The van der Waals surface area contributed by atoms with Crippen LogP contribution in [0.15, 0.2) is 59.8 Å². The van der Waals surface area contributed by atoms with E-state index in [0.717, 1.165) is 23.4 Å². The Balaban J connectivity index is 1.78. The maximum Gasteiger partial charge on any atom is 0.416 e. The Hall–Kier alpha value is -2.54. The van der Waals surface area contributed by atoms with E-state index < -0.39 is 11.7 Å². The Morgan fingerprint density at radius 3 is 2.23 bits per heavy atom. The highest BCUT2D eigenvalue weighted by atomic mass is 32.2. The molecule has 2 aromatic carbocycles. The summed E-state index contributed by atoms with van der Waals surface area (Å²) in [6.45, 7) is 8.32. The van der Waals surface area contributed by atoms with Crippen LogP contribution in [0.5, 0.6) is 11.6 Å². The highest BCUT2D eigenvalue weighted by Gasteiger charge is 2.29. The number of thioether (sulfide) groups is 1. The highest BCUT2D eigenvalue weighted by molar-refractivity contribution is 7.98. The molecule has 0 N–H and O–H groups in total. The van der Waals surface area contributed by atoms with E-state index in [0.29, 0.717) is 28.5 Å². The summed E-state index contributed by atoms with van der Waals surface area (Å²) in [5.74, 6) is 2.18. The summed E-state index contributed by atoms with van der Waals surface area (Å²) < 4.78 is 44.2. The zero-order valence-electron chi connectivity index (χ0n) is 17.9. The van der Waals surface area contributed by atoms with Gasteiger partial charge in [-0.1, -0.05) is 63.7 Å². The summed E-state index contributed by atoms with van der Waals surface area (Å²) in [5.41, 5.74) is 2.13. The van der Waals surface area contributed by atoms with Crippen molar-refractivity contribution in [3.63, 3.8) is 0 Å². The molecule has 0 saturated heterocycles. The largest absolute Gasteiger partial charge is 0.439 e. The van der Waals surface area contributed by atoms with Crippen molar-refractivity contribution in [3.05, 3.63) is 77.0 Å². The van der Waals surface area contributed by atoms with E-state index in [4.69, 9.17) is 4.74 Å². The molecule has 31 heavy (non-hydrogen) atoms. The summed E-state index contributed by atoms with van der Waals surface area (Å²) in [4.78, 5) is 9.09. The van der Waals surface area contributed by atoms with Gasteiger partial charge in [-0.15, -0.1) is 0 Å². The number of hydrogen-bond acceptors (Lipinski definition) is 4. The minimum absolute atomic E-state index is 0.178. The van der Waals surface area contributed by atoms with Crippen molar-refractivity contribution in [2.45, 2.75) is 56.6 Å². The first-order valence-electron chi connectivity index (χ1n) is 10.1. The van der Waals surface area contributed by atoms with E-state index in [1.807, 2.05) is 38.1 Å². The van der Waals surface area contributed by atoms with Gasteiger partial charge in [0, 0.05) is 11.8 Å². The molecule has 7 heteroatoms. The molecule has 0 spiro atoms. The van der Waals surface area contributed by atoms with Crippen LogP contribution in [0.2, 0.25) is 0 Å². The van der Waals surface area contributed by atoms with E-state index in [9.17, 15) is 13.2 Å². The van der Waals surface area contributed by atoms with Crippen molar-refractivity contribution in [3.8, 4) is 11.6 Å². The van der Waals surface area contributed by atoms with Gasteiger partial charge in [-0.25, -0.2) is 4.98 Å². The summed E-state index contributed by atoms with van der Waals surface area (Å²) in [7, 11) is 0. The molecule has 3 nitrogen and oxygen atoms in total. The molecular weight excluding hydrogens is 421 g/mol. The molecule has 3 aromatic rings. The van der Waals surface area contributed by atoms with E-state index in [1.54, 1.807) is 0 Å². The van der Waals surface area contributed by atoms with Crippen LogP contribution in [0.4, 0.5) is 13.2 Å². The fraction of sp³-hybridized carbons (Fsp3) is 0.333. The quantitative estimate of drug-likeness (QED) is 0.274. The zero-order chi connectivity index (χ0) is 22.6. The number of rotatable bonds is 7. The van der Waals surface area contributed by atoms with Crippen molar-refractivity contribution in [2.75, 3.05) is 0 Å². The lowest BCUT2D eigenvalue weighted by molar-refractivity contribution is -0.137. The Morgan fingerprint density at radius 1 is 0.903 bits per heavy atom. The van der Waals surface area contributed by atoms with Gasteiger partial charge < -0.3 is 4.74 Å². The molecule has 1 heterocycles. The first kappa shape index (κ1) is 23.1. The SMILES string of the molecule is CC(C)c1cccc(Oc2cc(C(C)C)nc(SCc3ccc(C(F)(F)F)cc3)n2)c1. The van der Waals surface area contributed by atoms with Crippen LogP contribution in [0.3, 0.4) is 0 Å². The molecule has 0 bridgehead atoms. The second-order valence-corrected chi connectivity index (χ2v) is 8.82. The average molecular weight is 447 g/mol. The first-order chi connectivity index (χ1) is 14.6. The molecule has 0 radical (unpaired) electrons. The van der Waals surface area contributed by atoms with Gasteiger partial charge in [0.15, 0.2) is 5.16 Å². The van der Waals surface area contributed by atoms with E-state index in [1.165, 1.54) is 29.5 Å². The van der Waals surface area contributed by atoms with Crippen LogP contribution < -0.4 is 4.74 Å². The van der Waals surface area contributed by atoms with Crippen LogP contribution in [-0.2, 0) is 11.9 Å². The van der Waals surface area contributed by atoms with Crippen LogP contribution in [0, 0.1) is 0 Å². The lowest BCUT2D eigenvalue weighted by Crippen LogP contribution is -2.04. The summed E-state index contributed by atoms with van der Waals surface area (Å²) in [6.07, 6.45) is -4.33. The number of alkyl halides is 3. The van der Waals surface area contributed by atoms with Crippen molar-refractivity contribution >= 4 is 11.8 Å². The van der Waals surface area contributed by atoms with Crippen LogP contribution in [-0.4, -0.2) is 9.97 Å². The van der Waals surface area contributed by atoms with E-state index in [-0.39, 0.29) is 5.92 Å². The Bertz CT molecular complexity index is 1020. The monoisotopic (exact) mass is 446 g/mol. The Morgan fingerprint density at radius 2 is 1.61 bits per heavy atom. The number of ether oxygens (including phenoxy) is 1. The van der Waals surface area contributed by atoms with Crippen LogP contribution in [0.1, 0.15) is 61.9 Å². The third kappa shape index (κ3) is 6.47. The van der Waals surface area contributed by atoms with Gasteiger partial charge in [0.25, 0.3) is 0 Å². The summed E-state index contributed by atoms with van der Waals surface area (Å²) in [6, 6.07) is 14.9. The van der Waals surface area contributed by atoms with Crippen molar-refractivity contribution in [1.82, 2.24) is 9.97 Å². The molecule has 0 aliphatic heterocycles. The smallest absolute Gasteiger partial charge is 0.416 e. The number of halogens is 3. The van der Waals surface area contributed by atoms with Crippen molar-refractivity contribution < 1.29 is 17.9 Å². The topological polar surface area (TPSA) is 35.0 Å². The normalized spacial score (nSPS) is 11.9. The Labute approximate surface area is 185 Å². The van der Waals surface area contributed by atoms with E-state index in [2.05, 4.69) is 29.9 Å². The minimum atomic E-state index is -4.33. The van der Waals surface area contributed by atoms with Gasteiger partial charge in [0.1, 0.15) is 5.75 Å². The maximum atomic E-state index is 12.7. The van der Waals surface area contributed by atoms with Gasteiger partial charge in [-0.2, -0.15) is 18.2 Å². The molecule has 0 fully saturated rings. The predicted octanol–water partition coefficient (Wildman–Crippen LogP) is 7.83. The fourth-order valence-electron chi connectivity index (χ4n) is 2.83. The van der Waals surface area contributed by atoms with Crippen LogP contribution >= 0.6 is 11.8 Å². The molecule has 1 aromatic heterocycles. The molecule has 0 saturated carbocycles. The number of nitrogens with zero attached hydrogens (tertiary/aromatic N) is 2. The summed E-state index contributed by atoms with van der Waals surface area (Å²) in [5, 5.41) is 0.529. The second-order valence-electron chi connectivity index (χ2n) is 7.88. The molecule has 0 aliphatic rings. The first-order valence-corrected chi connectivity index (χ1v) is 11.1. The van der Waals surface area contributed by atoms with Gasteiger partial charge >= 0.3 is 6.18 Å². The molecular formula is C24H25F3N2OS. The average Bonchev–Trinajstić information content (AvgIpc) is 2.72. The Kier molecular flexibility index (Phi) is 7.26. The molecule has 164 valence electrons. The minimum Gasteiger partial charge on any atom is -0.439 e. The molecule has 0 amide bonds. The molecule has 0 atom stereocenters. The maximum absolute atomic E-state index is 12.7. The highest BCUT2D eigenvalue weighted by Crippen LogP contribution is 2.31. The van der Waals surface area contributed by atoms with E-state index >= 15 is 0 Å². The third-order valence-electron chi connectivity index (χ3n) is 4.69. The lowest BCUT2D eigenvalue weighted by atomic mass is 10.0. The van der Waals surface area contributed by atoms with Crippen LogP contribution in [0.25, 0.3) is 0 Å². The number of benzene rings is 2. The lowest BCUT2D eigenvalue weighted by Gasteiger charge is -2.12. The van der Waals surface area contributed by atoms with Gasteiger partial charge in [-0.3, -0.25) is 0 Å². The summed E-state index contributed by atoms with van der Waals surface area (Å²) >= 11 is 1.37. The number of aromatic nitrogens is 2. The molecule has 3 rings (SSSR count). The molecule has 0 unspecified atom stereocenters. The predicted molar refractivity (Wildman–Crippen MR) is 118 cm³/mol.